The van der Waals surface area contributed by atoms with Crippen LogP contribution in [0.25, 0.3) is 10.1 Å². The van der Waals surface area contributed by atoms with Crippen LogP contribution in [0.1, 0.15) is 16.7 Å². The Morgan fingerprint density at radius 1 is 1.26 bits per heavy atom. The molecule has 0 saturated heterocycles. The number of furan rings is 1. The van der Waals surface area contributed by atoms with Crippen LogP contribution in [0.15, 0.2) is 46.2 Å². The molecule has 3 rings (SSSR count). The smallest absolute Gasteiger partial charge is 0.404 e. The molecule has 0 aliphatic carbocycles. The van der Waals surface area contributed by atoms with Crippen molar-refractivity contribution in [3.05, 3.63) is 63.2 Å². The molecule has 0 radical (unpaired) electrons. The summed E-state index contributed by atoms with van der Waals surface area (Å²) >= 11 is 7.95. The van der Waals surface area contributed by atoms with Crippen LogP contribution < -0.4 is 0 Å². The molecule has 0 amide bonds. The van der Waals surface area contributed by atoms with Gasteiger partial charge in [-0.15, -0.1) is 22.9 Å². The molecule has 1 aromatic carbocycles. The summed E-state index contributed by atoms with van der Waals surface area (Å²) in [6.07, 6.45) is 0. The van der Waals surface area contributed by atoms with Gasteiger partial charge >= 0.3 is 5.88 Å². The van der Waals surface area contributed by atoms with Crippen molar-refractivity contribution in [2.24, 2.45) is 0 Å². The maximum atomic E-state index is 10.6. The third-order valence-corrected chi connectivity index (χ3v) is 4.26. The largest absolute Gasteiger partial charge is 0.433 e. The van der Waals surface area contributed by atoms with Crippen LogP contribution in [0.2, 0.25) is 0 Å². The van der Waals surface area contributed by atoms with Crippen LogP contribution in [-0.2, 0) is 0 Å². The third-order valence-electron chi connectivity index (χ3n) is 2.83. The Morgan fingerprint density at radius 3 is 2.79 bits per heavy atom. The van der Waals surface area contributed by atoms with Crippen molar-refractivity contribution in [3.8, 4) is 0 Å². The van der Waals surface area contributed by atoms with Crippen molar-refractivity contribution in [1.29, 1.82) is 0 Å². The maximum Gasteiger partial charge on any atom is 0.433 e. The number of fused-ring (bicyclic) bond motifs is 1. The molecule has 2 aromatic heterocycles. The fourth-order valence-electron chi connectivity index (χ4n) is 1.92. The van der Waals surface area contributed by atoms with Gasteiger partial charge < -0.3 is 4.42 Å². The number of hydrogen-bond acceptors (Lipinski definition) is 4. The van der Waals surface area contributed by atoms with E-state index in [0.29, 0.717) is 5.76 Å². The van der Waals surface area contributed by atoms with Gasteiger partial charge in [0.15, 0.2) is 0 Å². The van der Waals surface area contributed by atoms with E-state index in [1.807, 2.05) is 29.6 Å². The molecular formula is C13H8ClNO3S. The first-order chi connectivity index (χ1) is 9.16. The molecule has 4 nitrogen and oxygen atoms in total. The van der Waals surface area contributed by atoms with Crippen molar-refractivity contribution in [3.63, 3.8) is 0 Å². The van der Waals surface area contributed by atoms with Crippen LogP contribution in [0.4, 0.5) is 5.88 Å². The summed E-state index contributed by atoms with van der Waals surface area (Å²) in [6.45, 7) is 0. The molecule has 0 N–H and O–H groups in total. The Labute approximate surface area is 117 Å². The number of halogens is 1. The van der Waals surface area contributed by atoms with Gasteiger partial charge in [0.2, 0.25) is 0 Å². The van der Waals surface area contributed by atoms with E-state index in [9.17, 15) is 10.1 Å². The molecule has 19 heavy (non-hydrogen) atoms. The summed E-state index contributed by atoms with van der Waals surface area (Å²) < 4.78 is 6.28. The lowest BCUT2D eigenvalue weighted by Gasteiger charge is -2.04. The van der Waals surface area contributed by atoms with Gasteiger partial charge in [0.05, 0.1) is 6.07 Å². The van der Waals surface area contributed by atoms with Gasteiger partial charge in [-0.1, -0.05) is 18.2 Å². The Morgan fingerprint density at radius 2 is 2.05 bits per heavy atom. The van der Waals surface area contributed by atoms with E-state index in [1.54, 1.807) is 17.4 Å². The third kappa shape index (κ3) is 2.11. The Bertz CT molecular complexity index is 749. The van der Waals surface area contributed by atoms with Gasteiger partial charge in [0.25, 0.3) is 0 Å². The first-order valence-electron chi connectivity index (χ1n) is 5.51. The molecule has 0 spiro atoms. The number of benzene rings is 1. The second-order valence-corrected chi connectivity index (χ2v) is 5.33. The molecule has 6 heteroatoms. The van der Waals surface area contributed by atoms with Crippen LogP contribution in [0, 0.1) is 10.1 Å². The number of thiophene rings is 1. The standard InChI is InChI=1S/C13H8ClNO3S/c14-13(10-5-6-12(18-10)15(16)17)9-7-19-11-4-2-1-3-8(9)11/h1-7,13H. The van der Waals surface area contributed by atoms with E-state index in [-0.39, 0.29) is 5.88 Å². The zero-order valence-corrected chi connectivity index (χ0v) is 11.1. The fraction of sp³-hybridized carbons (Fsp3) is 0.0769. The highest BCUT2D eigenvalue weighted by Gasteiger charge is 2.21. The van der Waals surface area contributed by atoms with E-state index in [4.69, 9.17) is 16.0 Å². The summed E-state index contributed by atoms with van der Waals surface area (Å²) in [5, 5.41) is 13.1. The molecule has 0 saturated carbocycles. The fourth-order valence-corrected chi connectivity index (χ4v) is 3.28. The lowest BCUT2D eigenvalue weighted by atomic mass is 10.1. The van der Waals surface area contributed by atoms with Crippen molar-refractivity contribution >= 4 is 38.9 Å². The van der Waals surface area contributed by atoms with Crippen LogP contribution in [0.5, 0.6) is 0 Å². The van der Waals surface area contributed by atoms with Crippen LogP contribution in [0.3, 0.4) is 0 Å². The highest BCUT2D eigenvalue weighted by atomic mass is 35.5. The van der Waals surface area contributed by atoms with Crippen LogP contribution in [-0.4, -0.2) is 4.92 Å². The highest BCUT2D eigenvalue weighted by molar-refractivity contribution is 7.17. The quantitative estimate of drug-likeness (QED) is 0.398. The zero-order chi connectivity index (χ0) is 13.4. The molecule has 0 aliphatic rings. The monoisotopic (exact) mass is 293 g/mol. The van der Waals surface area contributed by atoms with Crippen molar-refractivity contribution in [2.75, 3.05) is 0 Å². The number of nitro groups is 1. The molecular weight excluding hydrogens is 286 g/mol. The van der Waals surface area contributed by atoms with Gasteiger partial charge in [-0.3, -0.25) is 10.1 Å². The molecule has 0 aliphatic heterocycles. The predicted octanol–water partition coefficient (Wildman–Crippen LogP) is 4.73. The van der Waals surface area contributed by atoms with Gasteiger partial charge in [0.1, 0.15) is 16.1 Å². The Balaban J connectivity index is 2.03. The SMILES string of the molecule is O=[N+]([O-])c1ccc(C(Cl)c2csc3ccccc23)o1. The highest BCUT2D eigenvalue weighted by Crippen LogP contribution is 2.38. The molecule has 96 valence electrons. The molecule has 3 aromatic rings. The molecule has 1 atom stereocenters. The minimum Gasteiger partial charge on any atom is -0.404 e. The second-order valence-electron chi connectivity index (χ2n) is 3.98. The number of hydrogen-bond donors (Lipinski definition) is 0. The minimum absolute atomic E-state index is 0.291. The molecule has 0 bridgehead atoms. The molecule has 2 heterocycles. The second kappa shape index (κ2) is 4.68. The van der Waals surface area contributed by atoms with Crippen LogP contribution >= 0.6 is 22.9 Å². The topological polar surface area (TPSA) is 56.3 Å². The van der Waals surface area contributed by atoms with Gasteiger partial charge in [-0.25, -0.2) is 0 Å². The average molecular weight is 294 g/mol. The molecule has 0 fully saturated rings. The van der Waals surface area contributed by atoms with Crippen molar-refractivity contribution in [1.82, 2.24) is 0 Å². The summed E-state index contributed by atoms with van der Waals surface area (Å²) in [6, 6.07) is 10.8. The van der Waals surface area contributed by atoms with E-state index < -0.39 is 10.3 Å². The van der Waals surface area contributed by atoms with E-state index in [0.717, 1.165) is 15.6 Å². The summed E-state index contributed by atoms with van der Waals surface area (Å²) in [4.78, 5) is 10.0. The van der Waals surface area contributed by atoms with Gasteiger partial charge in [-0.2, -0.15) is 0 Å². The minimum atomic E-state index is -0.571. The zero-order valence-electron chi connectivity index (χ0n) is 9.58. The van der Waals surface area contributed by atoms with Gasteiger partial charge in [-0.05, 0) is 28.5 Å². The number of nitrogens with zero attached hydrogens (tertiary/aromatic N) is 1. The number of rotatable bonds is 3. The lowest BCUT2D eigenvalue weighted by molar-refractivity contribution is -0.402. The summed E-state index contributed by atoms with van der Waals surface area (Å²) in [7, 11) is 0. The van der Waals surface area contributed by atoms with Gasteiger partial charge in [0, 0.05) is 4.70 Å². The van der Waals surface area contributed by atoms with Crippen molar-refractivity contribution in [2.45, 2.75) is 5.38 Å². The normalized spacial score (nSPS) is 12.7. The summed E-state index contributed by atoms with van der Waals surface area (Å²) in [5.74, 6) is 0.0945. The predicted molar refractivity (Wildman–Crippen MR) is 74.9 cm³/mol. The van der Waals surface area contributed by atoms with E-state index in [1.165, 1.54) is 6.07 Å². The van der Waals surface area contributed by atoms with E-state index in [2.05, 4.69) is 0 Å². The molecule has 1 unspecified atom stereocenters. The number of alkyl halides is 1. The Kier molecular flexibility index (Phi) is 3.00. The first-order valence-corrected chi connectivity index (χ1v) is 6.83. The average Bonchev–Trinajstić information content (AvgIpc) is 3.05. The summed E-state index contributed by atoms with van der Waals surface area (Å²) in [5.41, 5.74) is 0.909. The first kappa shape index (κ1) is 12.2. The Hall–Kier alpha value is -1.85. The van der Waals surface area contributed by atoms with Crippen molar-refractivity contribution < 1.29 is 9.34 Å². The van der Waals surface area contributed by atoms with E-state index >= 15 is 0 Å². The lowest BCUT2D eigenvalue weighted by Crippen LogP contribution is -1.89. The maximum absolute atomic E-state index is 10.6.